The summed E-state index contributed by atoms with van der Waals surface area (Å²) in [7, 11) is 0. The van der Waals surface area contributed by atoms with Gasteiger partial charge in [0, 0.05) is 5.41 Å². The smallest absolute Gasteiger partial charge is 0.166 e. The zero-order valence-electron chi connectivity index (χ0n) is 14.3. The highest BCUT2D eigenvalue weighted by atomic mass is 16.5. The first-order valence-corrected chi connectivity index (χ1v) is 7.70. The van der Waals surface area contributed by atoms with E-state index in [0.29, 0.717) is 13.0 Å². The van der Waals surface area contributed by atoms with E-state index in [4.69, 9.17) is 4.74 Å². The summed E-state index contributed by atoms with van der Waals surface area (Å²) in [5.41, 5.74) is 0.152. The van der Waals surface area contributed by atoms with Gasteiger partial charge in [0.15, 0.2) is 5.78 Å². The molecule has 0 heterocycles. The zero-order chi connectivity index (χ0) is 16.8. The molecule has 0 aliphatic carbocycles. The lowest BCUT2D eigenvalue weighted by atomic mass is 9.86. The minimum atomic E-state index is -0.957. The van der Waals surface area contributed by atoms with Gasteiger partial charge < -0.3 is 9.84 Å². The Bertz CT molecular complexity index is 495. The maximum atomic E-state index is 11.9. The van der Waals surface area contributed by atoms with Crippen LogP contribution in [0.4, 0.5) is 0 Å². The van der Waals surface area contributed by atoms with Gasteiger partial charge in [-0.15, -0.1) is 0 Å². The second-order valence-electron chi connectivity index (χ2n) is 7.15. The topological polar surface area (TPSA) is 46.5 Å². The molecule has 0 unspecified atom stereocenters. The van der Waals surface area contributed by atoms with Gasteiger partial charge >= 0.3 is 0 Å². The summed E-state index contributed by atoms with van der Waals surface area (Å²) in [6.45, 7) is 9.90. The fraction of sp³-hybridized carbons (Fsp3) is 0.526. The summed E-state index contributed by atoms with van der Waals surface area (Å²) < 4.78 is 5.87. The van der Waals surface area contributed by atoms with Crippen LogP contribution in [0.3, 0.4) is 0 Å². The molecule has 0 spiro atoms. The molecule has 0 saturated heterocycles. The second kappa shape index (κ2) is 7.70. The first-order valence-electron chi connectivity index (χ1n) is 7.70. The van der Waals surface area contributed by atoms with Gasteiger partial charge in [-0.3, -0.25) is 4.79 Å². The van der Waals surface area contributed by atoms with E-state index in [1.807, 2.05) is 77.1 Å². The third-order valence-corrected chi connectivity index (χ3v) is 3.37. The molecule has 1 aromatic carbocycles. The summed E-state index contributed by atoms with van der Waals surface area (Å²) >= 11 is 0. The molecule has 1 N–H and O–H groups in total. The van der Waals surface area contributed by atoms with Crippen molar-refractivity contribution in [3.8, 4) is 0 Å². The predicted molar refractivity (Wildman–Crippen MR) is 89.5 cm³/mol. The number of aliphatic hydroxyl groups excluding tert-OH is 1. The van der Waals surface area contributed by atoms with Gasteiger partial charge in [0.05, 0.1) is 12.2 Å². The van der Waals surface area contributed by atoms with Crippen LogP contribution in [0, 0.1) is 5.41 Å². The van der Waals surface area contributed by atoms with Crippen LogP contribution >= 0.6 is 0 Å². The summed E-state index contributed by atoms with van der Waals surface area (Å²) in [5, 5.41) is 9.92. The van der Waals surface area contributed by atoms with Crippen molar-refractivity contribution in [1.82, 2.24) is 0 Å². The minimum absolute atomic E-state index is 0.139. The van der Waals surface area contributed by atoms with Crippen LogP contribution in [0.2, 0.25) is 0 Å². The summed E-state index contributed by atoms with van der Waals surface area (Å²) in [6.07, 6.45) is 3.07. The van der Waals surface area contributed by atoms with Gasteiger partial charge in [-0.2, -0.15) is 0 Å². The standard InChI is InChI=1S/C19H28O3/c1-18(2,3)17(21)16(20)12-9-13-19(4,5)22-14-15-10-7-6-8-11-15/h6-11,13,16,20H,12,14H2,1-5H3/b13-9+/t16-/m0/s1. The zero-order valence-corrected chi connectivity index (χ0v) is 14.3. The molecule has 0 aliphatic rings. The molecule has 3 nitrogen and oxygen atoms in total. The van der Waals surface area contributed by atoms with E-state index in [-0.39, 0.29) is 5.78 Å². The SMILES string of the molecule is CC(C)(/C=C/C[C@H](O)C(=O)C(C)(C)C)OCc1ccccc1. The molecular weight excluding hydrogens is 276 g/mol. The van der Waals surface area contributed by atoms with Crippen molar-refractivity contribution in [2.75, 3.05) is 0 Å². The van der Waals surface area contributed by atoms with Gasteiger partial charge in [0.25, 0.3) is 0 Å². The Hall–Kier alpha value is -1.45. The lowest BCUT2D eigenvalue weighted by Crippen LogP contribution is -2.32. The first-order chi connectivity index (χ1) is 10.1. The van der Waals surface area contributed by atoms with E-state index in [1.165, 1.54) is 0 Å². The third kappa shape index (κ3) is 6.54. The largest absolute Gasteiger partial charge is 0.385 e. The summed E-state index contributed by atoms with van der Waals surface area (Å²) in [4.78, 5) is 11.9. The van der Waals surface area contributed by atoms with E-state index in [1.54, 1.807) is 0 Å². The fourth-order valence-electron chi connectivity index (χ4n) is 1.98. The monoisotopic (exact) mass is 304 g/mol. The molecule has 0 radical (unpaired) electrons. The van der Waals surface area contributed by atoms with Crippen molar-refractivity contribution in [2.45, 2.75) is 59.4 Å². The molecule has 22 heavy (non-hydrogen) atoms. The Balaban J connectivity index is 2.48. The van der Waals surface area contributed by atoms with Gasteiger partial charge in [-0.1, -0.05) is 63.3 Å². The van der Waals surface area contributed by atoms with Crippen LogP contribution in [-0.4, -0.2) is 22.6 Å². The van der Waals surface area contributed by atoms with E-state index in [0.717, 1.165) is 5.56 Å². The Morgan fingerprint density at radius 2 is 1.77 bits per heavy atom. The van der Waals surface area contributed by atoms with E-state index >= 15 is 0 Å². The maximum Gasteiger partial charge on any atom is 0.166 e. The molecule has 1 atom stereocenters. The van der Waals surface area contributed by atoms with Crippen molar-refractivity contribution in [2.24, 2.45) is 5.41 Å². The highest BCUT2D eigenvalue weighted by Gasteiger charge is 2.27. The number of carbonyl (C=O) groups is 1. The predicted octanol–water partition coefficient (Wildman–Crippen LogP) is 3.90. The Morgan fingerprint density at radius 3 is 2.32 bits per heavy atom. The average molecular weight is 304 g/mol. The van der Waals surface area contributed by atoms with Gasteiger partial charge in [0.1, 0.15) is 6.10 Å². The van der Waals surface area contributed by atoms with Crippen molar-refractivity contribution in [3.63, 3.8) is 0 Å². The number of hydrogen-bond donors (Lipinski definition) is 1. The van der Waals surface area contributed by atoms with Crippen LogP contribution in [0.5, 0.6) is 0 Å². The quantitative estimate of drug-likeness (QED) is 0.777. The average Bonchev–Trinajstić information content (AvgIpc) is 2.44. The number of carbonyl (C=O) groups excluding carboxylic acids is 1. The summed E-state index contributed by atoms with van der Waals surface area (Å²) in [6, 6.07) is 9.98. The Kier molecular flexibility index (Phi) is 6.51. The number of aliphatic hydroxyl groups is 1. The number of Topliss-reactive ketones (excluding diaryl/α,β-unsaturated/α-hetero) is 1. The van der Waals surface area contributed by atoms with Crippen LogP contribution in [0.25, 0.3) is 0 Å². The molecule has 0 aromatic heterocycles. The number of ether oxygens (including phenoxy) is 1. The molecule has 0 fully saturated rings. The number of rotatable bonds is 7. The molecule has 0 bridgehead atoms. The molecule has 1 aromatic rings. The van der Waals surface area contributed by atoms with E-state index in [2.05, 4.69) is 0 Å². The highest BCUT2D eigenvalue weighted by molar-refractivity contribution is 5.87. The van der Waals surface area contributed by atoms with Crippen molar-refractivity contribution >= 4 is 5.78 Å². The van der Waals surface area contributed by atoms with Crippen molar-refractivity contribution in [3.05, 3.63) is 48.0 Å². The lowest BCUT2D eigenvalue weighted by Gasteiger charge is -2.22. The van der Waals surface area contributed by atoms with Crippen molar-refractivity contribution < 1.29 is 14.6 Å². The third-order valence-electron chi connectivity index (χ3n) is 3.37. The van der Waals surface area contributed by atoms with Gasteiger partial charge in [-0.25, -0.2) is 0 Å². The molecule has 3 heteroatoms. The molecule has 1 rings (SSSR count). The highest BCUT2D eigenvalue weighted by Crippen LogP contribution is 2.19. The van der Waals surface area contributed by atoms with Crippen LogP contribution < -0.4 is 0 Å². The molecular formula is C19H28O3. The normalized spacial score (nSPS) is 14.3. The number of hydrogen-bond acceptors (Lipinski definition) is 3. The van der Waals surface area contributed by atoms with Gasteiger partial charge in [-0.05, 0) is 25.8 Å². The number of ketones is 1. The maximum absolute atomic E-state index is 11.9. The van der Waals surface area contributed by atoms with Crippen LogP contribution in [-0.2, 0) is 16.1 Å². The van der Waals surface area contributed by atoms with Gasteiger partial charge in [0.2, 0.25) is 0 Å². The minimum Gasteiger partial charge on any atom is -0.385 e. The van der Waals surface area contributed by atoms with E-state index in [9.17, 15) is 9.90 Å². The van der Waals surface area contributed by atoms with Crippen LogP contribution in [0.15, 0.2) is 42.5 Å². The van der Waals surface area contributed by atoms with E-state index < -0.39 is 17.1 Å². The molecule has 0 saturated carbocycles. The first kappa shape index (κ1) is 18.6. The molecule has 0 amide bonds. The molecule has 122 valence electrons. The number of benzene rings is 1. The fourth-order valence-corrected chi connectivity index (χ4v) is 1.98. The Morgan fingerprint density at radius 1 is 1.18 bits per heavy atom. The van der Waals surface area contributed by atoms with Crippen LogP contribution in [0.1, 0.15) is 46.6 Å². The second-order valence-corrected chi connectivity index (χ2v) is 7.15. The van der Waals surface area contributed by atoms with Crippen molar-refractivity contribution in [1.29, 1.82) is 0 Å². The summed E-state index contributed by atoms with van der Waals surface area (Å²) in [5.74, 6) is -0.139. The Labute approximate surface area is 134 Å². The molecule has 0 aliphatic heterocycles. The lowest BCUT2D eigenvalue weighted by molar-refractivity contribution is -0.134.